The van der Waals surface area contributed by atoms with Crippen molar-refractivity contribution in [3.8, 4) is 11.1 Å². The second-order valence-electron chi connectivity index (χ2n) is 22.0. The van der Waals surface area contributed by atoms with E-state index in [1.54, 1.807) is 18.0 Å². The van der Waals surface area contributed by atoms with Gasteiger partial charge < -0.3 is 29.5 Å². The number of carbonyl (C=O) groups is 5. The molecule has 5 aromatic carbocycles. The van der Waals surface area contributed by atoms with E-state index < -0.39 is 59.9 Å². The van der Waals surface area contributed by atoms with Crippen molar-refractivity contribution in [2.24, 2.45) is 11.8 Å². The first kappa shape index (κ1) is 56.7. The number of carbonyl (C=O) groups excluding carboxylic acids is 5. The normalized spacial score (nSPS) is 17.4. The molecule has 408 valence electrons. The number of nitrogens with one attached hydrogen (secondary N) is 1. The molecule has 2 fully saturated rings. The lowest BCUT2D eigenvalue weighted by Gasteiger charge is -2.40. The number of nitrogens with zero attached hydrogens (tertiary/aromatic N) is 3. The van der Waals surface area contributed by atoms with Gasteiger partial charge in [-0.05, 0) is 83.7 Å². The summed E-state index contributed by atoms with van der Waals surface area (Å²) >= 11 is 7.15. The molecule has 3 aliphatic rings. The summed E-state index contributed by atoms with van der Waals surface area (Å²) < 4.78 is 12.9. The number of hydrogen-bond acceptors (Lipinski definition) is 7. The van der Waals surface area contributed by atoms with Gasteiger partial charge in [-0.25, -0.2) is 4.79 Å². The summed E-state index contributed by atoms with van der Waals surface area (Å²) in [5.41, 5.74) is 5.97. The van der Waals surface area contributed by atoms with Crippen LogP contribution < -0.4 is 5.32 Å². The smallest absolute Gasteiger partial charge is 0.407 e. The van der Waals surface area contributed by atoms with E-state index in [4.69, 9.17) is 21.1 Å². The third kappa shape index (κ3) is 12.8. The lowest BCUT2D eigenvalue weighted by atomic mass is 9.78. The standard InChI is InChI=1S/C65H79ClN4O7/c1-7-45(4)59(67-64(75)76-43-54-52-32-20-18-30-50(52)51-31-19-21-33-53(51)54)62(73)69(6)60(44(2)3)63(74)68(5)57(61(72)70-40-24-13-25-41-70)42-58(71)77-65(48-28-16-12-17-29-48,55-34-22-23-35-56(55)66)49-38-36-47(37-39-49)46-26-14-10-8-9-11-15-27-46/h12,16-23,28-39,44-46,54,57,59-60H,7-11,13-15,24-27,40-43H2,1-6H3,(H,67,75)/t45-,57-,59-,60-,65?/m0/s1. The highest BCUT2D eigenvalue weighted by Gasteiger charge is 2.46. The average Bonchev–Trinajstić information content (AvgIpc) is 3.91. The Hall–Kier alpha value is -6.46. The number of benzene rings is 5. The van der Waals surface area contributed by atoms with Crippen molar-refractivity contribution in [2.45, 2.75) is 147 Å². The molecule has 0 aromatic heterocycles. The number of halogens is 1. The molecule has 11 nitrogen and oxygen atoms in total. The monoisotopic (exact) mass is 1060 g/mol. The summed E-state index contributed by atoms with van der Waals surface area (Å²) in [5.74, 6) is -2.60. The number of likely N-dealkylation sites (N-methyl/N-ethyl adjacent to an activating group) is 2. The van der Waals surface area contributed by atoms with E-state index in [1.807, 2.05) is 125 Å². The lowest BCUT2D eigenvalue weighted by molar-refractivity contribution is -0.161. The zero-order chi connectivity index (χ0) is 54.6. The molecule has 77 heavy (non-hydrogen) atoms. The molecule has 1 heterocycles. The molecule has 0 radical (unpaired) electrons. The molecule has 2 aliphatic carbocycles. The van der Waals surface area contributed by atoms with Crippen molar-refractivity contribution in [2.75, 3.05) is 33.8 Å². The third-order valence-electron chi connectivity index (χ3n) is 16.7. The Morgan fingerprint density at radius 2 is 1.21 bits per heavy atom. The molecule has 12 heteroatoms. The van der Waals surface area contributed by atoms with Gasteiger partial charge in [0.2, 0.25) is 17.7 Å². The van der Waals surface area contributed by atoms with Crippen LogP contribution in [0.15, 0.2) is 127 Å². The summed E-state index contributed by atoms with van der Waals surface area (Å²) in [6.45, 7) is 8.54. The second-order valence-corrected chi connectivity index (χ2v) is 22.5. The number of fused-ring (bicyclic) bond motifs is 3. The van der Waals surface area contributed by atoms with Crippen LogP contribution in [0.25, 0.3) is 11.1 Å². The quantitative estimate of drug-likeness (QED) is 0.0684. The highest BCUT2D eigenvalue weighted by molar-refractivity contribution is 6.31. The topological polar surface area (TPSA) is 126 Å². The Bertz CT molecular complexity index is 2760. The van der Waals surface area contributed by atoms with Gasteiger partial charge in [-0.1, -0.05) is 206 Å². The van der Waals surface area contributed by atoms with Gasteiger partial charge >= 0.3 is 12.1 Å². The molecular weight excluding hydrogens is 984 g/mol. The summed E-state index contributed by atoms with van der Waals surface area (Å²) in [6, 6.07) is 38.1. The first-order valence-electron chi connectivity index (χ1n) is 28.3. The lowest BCUT2D eigenvalue weighted by Crippen LogP contribution is -2.60. The van der Waals surface area contributed by atoms with Crippen molar-refractivity contribution in [1.29, 1.82) is 0 Å². The Labute approximate surface area is 462 Å². The van der Waals surface area contributed by atoms with E-state index in [2.05, 4.69) is 29.6 Å². The molecular formula is C65H79ClN4O7. The molecule has 1 unspecified atom stereocenters. The van der Waals surface area contributed by atoms with Gasteiger partial charge in [-0.2, -0.15) is 0 Å². The van der Waals surface area contributed by atoms with Crippen LogP contribution in [0.2, 0.25) is 5.02 Å². The van der Waals surface area contributed by atoms with Gasteiger partial charge in [-0.3, -0.25) is 19.2 Å². The van der Waals surface area contributed by atoms with Crippen LogP contribution in [0.5, 0.6) is 0 Å². The van der Waals surface area contributed by atoms with Gasteiger partial charge in [0, 0.05) is 54.8 Å². The number of hydrogen-bond donors (Lipinski definition) is 1. The number of esters is 1. The van der Waals surface area contributed by atoms with Gasteiger partial charge in [0.05, 0.1) is 6.42 Å². The van der Waals surface area contributed by atoms with Crippen molar-refractivity contribution in [3.05, 3.63) is 166 Å². The number of alkyl carbamates (subject to hydrolysis) is 1. The average molecular weight is 1060 g/mol. The fraction of sp³-hybridized carbons (Fsp3) is 0.462. The van der Waals surface area contributed by atoms with Crippen molar-refractivity contribution >= 4 is 41.4 Å². The highest BCUT2D eigenvalue weighted by atomic mass is 35.5. The molecule has 5 aromatic rings. The number of rotatable bonds is 18. The minimum absolute atomic E-state index is 0.0709. The van der Waals surface area contributed by atoms with E-state index in [9.17, 15) is 14.4 Å². The van der Waals surface area contributed by atoms with Crippen LogP contribution in [0.1, 0.15) is 156 Å². The van der Waals surface area contributed by atoms with Crippen molar-refractivity contribution < 1.29 is 33.4 Å². The Kier molecular flexibility index (Phi) is 19.3. The predicted octanol–water partition coefficient (Wildman–Crippen LogP) is 13.1. The fourth-order valence-corrected chi connectivity index (χ4v) is 12.4. The van der Waals surface area contributed by atoms with Gasteiger partial charge in [0.1, 0.15) is 24.7 Å². The molecule has 4 amide bonds. The number of ether oxygens (including phenoxy) is 2. The maximum Gasteiger partial charge on any atom is 0.407 e. The minimum Gasteiger partial charge on any atom is -0.449 e. The second kappa shape index (κ2) is 26.3. The number of likely N-dealkylation sites (tertiary alicyclic amines) is 1. The summed E-state index contributed by atoms with van der Waals surface area (Å²) in [6.07, 6.45) is 11.6. The van der Waals surface area contributed by atoms with Gasteiger partial charge in [0.15, 0.2) is 5.60 Å². The Morgan fingerprint density at radius 3 is 1.81 bits per heavy atom. The van der Waals surface area contributed by atoms with Crippen LogP contribution in [0.4, 0.5) is 4.79 Å². The van der Waals surface area contributed by atoms with Crippen LogP contribution >= 0.6 is 11.6 Å². The SMILES string of the molecule is CC[C@H](C)[C@H](NC(=O)OCC1c2ccccc2-c2ccccc21)C(=O)N(C)[C@H](C(=O)N(C)[C@@H](CC(=O)OC(c1ccccc1)(c1ccc(C2CCCCCCCC2)cc1)c1ccccc1Cl)C(=O)N1CCCCC1)C(C)C. The molecule has 8 rings (SSSR count). The van der Waals surface area contributed by atoms with E-state index in [0.29, 0.717) is 47.1 Å². The molecule has 1 N–H and O–H groups in total. The zero-order valence-electron chi connectivity index (χ0n) is 46.1. The van der Waals surface area contributed by atoms with Gasteiger partial charge in [-0.15, -0.1) is 0 Å². The Balaban J connectivity index is 1.06. The molecule has 1 saturated carbocycles. The van der Waals surface area contributed by atoms with E-state index in [-0.39, 0.29) is 24.3 Å². The third-order valence-corrected chi connectivity index (χ3v) is 17.0. The molecule has 1 saturated heterocycles. The van der Waals surface area contributed by atoms with Crippen LogP contribution in [0.3, 0.4) is 0 Å². The van der Waals surface area contributed by atoms with Crippen molar-refractivity contribution in [3.63, 3.8) is 0 Å². The predicted molar refractivity (Wildman–Crippen MR) is 304 cm³/mol. The molecule has 5 atom stereocenters. The summed E-state index contributed by atoms with van der Waals surface area (Å²) in [7, 11) is 3.09. The van der Waals surface area contributed by atoms with Crippen LogP contribution in [0, 0.1) is 11.8 Å². The fourth-order valence-electron chi connectivity index (χ4n) is 12.2. The maximum atomic E-state index is 15.3. The minimum atomic E-state index is -1.55. The highest BCUT2D eigenvalue weighted by Crippen LogP contribution is 2.46. The number of piperidine rings is 1. The maximum absolute atomic E-state index is 15.3. The summed E-state index contributed by atoms with van der Waals surface area (Å²) in [5, 5.41) is 3.27. The van der Waals surface area contributed by atoms with E-state index in [1.165, 1.54) is 60.9 Å². The largest absolute Gasteiger partial charge is 0.449 e. The molecule has 1 aliphatic heterocycles. The first-order valence-corrected chi connectivity index (χ1v) is 28.7. The summed E-state index contributed by atoms with van der Waals surface area (Å²) in [4.78, 5) is 78.5. The zero-order valence-corrected chi connectivity index (χ0v) is 46.8. The van der Waals surface area contributed by atoms with Gasteiger partial charge in [0.25, 0.3) is 0 Å². The van der Waals surface area contributed by atoms with Crippen LogP contribution in [-0.2, 0) is 34.3 Å². The van der Waals surface area contributed by atoms with E-state index in [0.717, 1.165) is 54.4 Å². The molecule has 0 spiro atoms. The van der Waals surface area contributed by atoms with Crippen molar-refractivity contribution in [1.82, 2.24) is 20.0 Å². The Morgan fingerprint density at radius 1 is 0.662 bits per heavy atom. The first-order chi connectivity index (χ1) is 37.2. The molecule has 0 bridgehead atoms. The van der Waals surface area contributed by atoms with Crippen LogP contribution in [-0.4, -0.2) is 96.4 Å². The van der Waals surface area contributed by atoms with E-state index >= 15 is 9.59 Å². The number of amides is 4.